The van der Waals surface area contributed by atoms with Gasteiger partial charge in [-0.15, -0.1) is 0 Å². The molecule has 0 spiro atoms. The van der Waals surface area contributed by atoms with E-state index in [1.807, 2.05) is 13.0 Å². The number of carbonyl (C=O) groups excluding carboxylic acids is 1. The molecule has 3 aromatic rings. The van der Waals surface area contributed by atoms with Crippen LogP contribution in [0.4, 0.5) is 4.39 Å². The van der Waals surface area contributed by atoms with Crippen molar-refractivity contribution in [2.45, 2.75) is 30.7 Å². The normalized spacial score (nSPS) is 18.4. The van der Waals surface area contributed by atoms with E-state index >= 15 is 0 Å². The Bertz CT molecular complexity index is 1310. The Morgan fingerprint density at radius 3 is 2.63 bits per heavy atom. The number of nitrogens with zero attached hydrogens (tertiary/aromatic N) is 3. The van der Waals surface area contributed by atoms with E-state index in [9.17, 15) is 17.6 Å². The molecule has 1 saturated heterocycles. The van der Waals surface area contributed by atoms with Crippen molar-refractivity contribution in [3.8, 4) is 0 Å². The molecule has 0 radical (unpaired) electrons. The van der Waals surface area contributed by atoms with Crippen molar-refractivity contribution in [2.75, 3.05) is 6.54 Å². The summed E-state index contributed by atoms with van der Waals surface area (Å²) in [5.41, 5.74) is 1.78. The molecule has 2 heterocycles. The minimum absolute atomic E-state index is 0.0405. The summed E-state index contributed by atoms with van der Waals surface area (Å²) in [7, 11) is -2.12. The molecule has 1 fully saturated rings. The Kier molecular flexibility index (Phi) is 5.56. The first-order valence-corrected chi connectivity index (χ1v) is 11.9. The lowest BCUT2D eigenvalue weighted by molar-refractivity contribution is -0.121. The largest absolute Gasteiger partial charge is 0.319 e. The van der Waals surface area contributed by atoms with Crippen LogP contribution in [-0.2, 0) is 21.9 Å². The molecule has 1 unspecified atom stereocenters. The molecule has 1 aromatic heterocycles. The summed E-state index contributed by atoms with van der Waals surface area (Å²) >= 11 is 7.56. The number of aromatic nitrogens is 1. The van der Waals surface area contributed by atoms with Crippen LogP contribution in [0, 0.1) is 12.7 Å². The van der Waals surface area contributed by atoms with E-state index in [0.717, 1.165) is 27.9 Å². The predicted octanol–water partition coefficient (Wildman–Crippen LogP) is 3.62. The minimum atomic E-state index is -3.92. The van der Waals surface area contributed by atoms with Crippen LogP contribution < -0.4 is 4.80 Å². The van der Waals surface area contributed by atoms with Crippen LogP contribution in [0.1, 0.15) is 18.4 Å². The fourth-order valence-corrected chi connectivity index (χ4v) is 6.58. The fourth-order valence-electron chi connectivity index (χ4n) is 3.70. The summed E-state index contributed by atoms with van der Waals surface area (Å²) in [5, 5.41) is 0.626. The fraction of sp³-hybridized carbons (Fsp3) is 0.300. The summed E-state index contributed by atoms with van der Waals surface area (Å²) in [6.07, 6.45) is 0.946. The van der Waals surface area contributed by atoms with Gasteiger partial charge in [-0.3, -0.25) is 4.79 Å². The van der Waals surface area contributed by atoms with E-state index < -0.39 is 27.8 Å². The van der Waals surface area contributed by atoms with Crippen molar-refractivity contribution < 1.29 is 17.6 Å². The Morgan fingerprint density at radius 1 is 1.23 bits per heavy atom. The molecule has 10 heteroatoms. The van der Waals surface area contributed by atoms with Gasteiger partial charge in [0.05, 0.1) is 15.1 Å². The van der Waals surface area contributed by atoms with Crippen LogP contribution in [0.25, 0.3) is 10.2 Å². The molecule has 1 aliphatic rings. The van der Waals surface area contributed by atoms with Crippen molar-refractivity contribution in [1.29, 1.82) is 0 Å². The lowest BCUT2D eigenvalue weighted by atomic mass is 10.2. The van der Waals surface area contributed by atoms with Crippen LogP contribution >= 0.6 is 22.9 Å². The van der Waals surface area contributed by atoms with Crippen LogP contribution in [0.3, 0.4) is 0 Å². The predicted molar refractivity (Wildman–Crippen MR) is 114 cm³/mol. The molecule has 0 aliphatic carbocycles. The average molecular weight is 468 g/mol. The van der Waals surface area contributed by atoms with E-state index in [2.05, 4.69) is 4.99 Å². The third-order valence-electron chi connectivity index (χ3n) is 5.27. The quantitative estimate of drug-likeness (QED) is 0.590. The van der Waals surface area contributed by atoms with Gasteiger partial charge in [0.2, 0.25) is 10.0 Å². The summed E-state index contributed by atoms with van der Waals surface area (Å²) in [4.78, 5) is 17.7. The first kappa shape index (κ1) is 21.2. The molecule has 0 N–H and O–H groups in total. The van der Waals surface area contributed by atoms with Gasteiger partial charge >= 0.3 is 0 Å². The standard InChI is InChI=1S/C20H19ClFN3O3S2/c1-12-15(21)9-10-17-18(12)24(2)20(29-17)23-19(26)16-4-3-11-25(16)30(27,28)14-7-5-13(22)6-8-14/h5-10,16H,3-4,11H2,1-2H3. The maximum Gasteiger partial charge on any atom is 0.266 e. The molecule has 6 nitrogen and oxygen atoms in total. The van der Waals surface area contributed by atoms with Crippen LogP contribution in [0.15, 0.2) is 46.3 Å². The second kappa shape index (κ2) is 7.88. The highest BCUT2D eigenvalue weighted by Crippen LogP contribution is 2.28. The third-order valence-corrected chi connectivity index (χ3v) is 8.70. The number of hydrogen-bond acceptors (Lipinski definition) is 4. The van der Waals surface area contributed by atoms with Crippen LogP contribution in [0.5, 0.6) is 0 Å². The molecular formula is C20H19ClFN3O3S2. The van der Waals surface area contributed by atoms with E-state index in [4.69, 9.17) is 11.6 Å². The molecule has 0 saturated carbocycles. The summed E-state index contributed by atoms with van der Waals surface area (Å²) in [6, 6.07) is 7.40. The number of halogens is 2. The Hall–Kier alpha value is -2.07. The van der Waals surface area contributed by atoms with E-state index in [1.165, 1.54) is 27.8 Å². The number of sulfonamides is 1. The number of rotatable bonds is 3. The van der Waals surface area contributed by atoms with Gasteiger partial charge in [0.25, 0.3) is 5.91 Å². The molecular weight excluding hydrogens is 449 g/mol. The van der Waals surface area contributed by atoms with Gasteiger partial charge in [-0.1, -0.05) is 22.9 Å². The lowest BCUT2D eigenvalue weighted by Crippen LogP contribution is -2.40. The number of fused-ring (bicyclic) bond motifs is 1. The topological polar surface area (TPSA) is 71.7 Å². The smallest absolute Gasteiger partial charge is 0.266 e. The zero-order chi connectivity index (χ0) is 21.6. The molecule has 1 amide bonds. The summed E-state index contributed by atoms with van der Waals surface area (Å²) < 4.78 is 43.1. The van der Waals surface area contributed by atoms with Gasteiger partial charge < -0.3 is 4.57 Å². The first-order chi connectivity index (χ1) is 14.2. The highest BCUT2D eigenvalue weighted by Gasteiger charge is 2.39. The van der Waals surface area contributed by atoms with Gasteiger partial charge in [0.15, 0.2) is 4.80 Å². The van der Waals surface area contributed by atoms with Gasteiger partial charge in [0, 0.05) is 18.6 Å². The third kappa shape index (κ3) is 3.60. The van der Waals surface area contributed by atoms with Gasteiger partial charge in [0.1, 0.15) is 11.9 Å². The molecule has 158 valence electrons. The lowest BCUT2D eigenvalue weighted by Gasteiger charge is -2.21. The number of benzene rings is 2. The minimum Gasteiger partial charge on any atom is -0.319 e. The van der Waals surface area contributed by atoms with Crippen LogP contribution in [-0.4, -0.2) is 35.8 Å². The number of thiazole rings is 1. The number of hydrogen-bond donors (Lipinski definition) is 0. The van der Waals surface area contributed by atoms with Crippen LogP contribution in [0.2, 0.25) is 5.02 Å². The van der Waals surface area contributed by atoms with Gasteiger partial charge in [-0.05, 0) is 61.7 Å². The van der Waals surface area contributed by atoms with Gasteiger partial charge in [-0.2, -0.15) is 9.30 Å². The zero-order valence-electron chi connectivity index (χ0n) is 16.3. The molecule has 0 bridgehead atoms. The maximum atomic E-state index is 13.2. The van der Waals surface area contributed by atoms with E-state index in [0.29, 0.717) is 22.7 Å². The Labute approximate surface area is 182 Å². The zero-order valence-corrected chi connectivity index (χ0v) is 18.7. The van der Waals surface area contributed by atoms with Crippen molar-refractivity contribution in [1.82, 2.24) is 8.87 Å². The Morgan fingerprint density at radius 2 is 1.93 bits per heavy atom. The Balaban J connectivity index is 1.71. The maximum absolute atomic E-state index is 13.2. The molecule has 2 aromatic carbocycles. The average Bonchev–Trinajstić information content (AvgIpc) is 3.32. The second-order valence-electron chi connectivity index (χ2n) is 7.14. The van der Waals surface area contributed by atoms with E-state index in [1.54, 1.807) is 17.7 Å². The van der Waals surface area contributed by atoms with Crippen molar-refractivity contribution >= 4 is 49.1 Å². The molecule has 4 rings (SSSR count). The van der Waals surface area contributed by atoms with Gasteiger partial charge in [-0.25, -0.2) is 12.8 Å². The number of carbonyl (C=O) groups is 1. The highest BCUT2D eigenvalue weighted by atomic mass is 35.5. The van der Waals surface area contributed by atoms with E-state index in [-0.39, 0.29) is 11.4 Å². The summed E-state index contributed by atoms with van der Waals surface area (Å²) in [6.45, 7) is 2.12. The van der Waals surface area contributed by atoms with Crippen molar-refractivity contribution in [2.24, 2.45) is 12.0 Å². The van der Waals surface area contributed by atoms with Crippen molar-refractivity contribution in [3.63, 3.8) is 0 Å². The monoisotopic (exact) mass is 467 g/mol. The summed E-state index contributed by atoms with van der Waals surface area (Å²) in [5.74, 6) is -1.03. The van der Waals surface area contributed by atoms with Crippen molar-refractivity contribution in [3.05, 3.63) is 57.6 Å². The number of aryl methyl sites for hydroxylation is 2. The molecule has 30 heavy (non-hydrogen) atoms. The number of amides is 1. The SMILES string of the molecule is Cc1c(Cl)ccc2sc(=NC(=O)C3CCCN3S(=O)(=O)c3ccc(F)cc3)n(C)c12. The highest BCUT2D eigenvalue weighted by molar-refractivity contribution is 7.89. The first-order valence-electron chi connectivity index (χ1n) is 9.31. The second-order valence-corrected chi connectivity index (χ2v) is 10.4. The molecule has 1 aliphatic heterocycles. The molecule has 1 atom stereocenters.